The zero-order valence-corrected chi connectivity index (χ0v) is 13.6. The minimum Gasteiger partial charge on any atom is -0.396 e. The van der Waals surface area contributed by atoms with Crippen LogP contribution in [-0.2, 0) is 4.79 Å². The highest BCUT2D eigenvalue weighted by Crippen LogP contribution is 2.32. The van der Waals surface area contributed by atoms with Crippen LogP contribution < -0.4 is 10.6 Å². The zero-order chi connectivity index (χ0) is 15.2. The number of carbonyl (C=O) groups excluding carboxylic acids is 1. The van der Waals surface area contributed by atoms with Crippen molar-refractivity contribution < 1.29 is 9.90 Å². The van der Waals surface area contributed by atoms with Crippen LogP contribution in [0.15, 0.2) is 0 Å². The number of hydrogen-bond donors (Lipinski definition) is 3. The topological polar surface area (TPSA) is 61.4 Å². The second-order valence-electron chi connectivity index (χ2n) is 6.81. The first kappa shape index (κ1) is 17.4. The summed E-state index contributed by atoms with van der Waals surface area (Å²) in [6.45, 7) is 10.9. The van der Waals surface area contributed by atoms with Crippen LogP contribution in [0, 0.1) is 16.7 Å². The number of amides is 1. The molecule has 0 radical (unpaired) electrons. The second kappa shape index (κ2) is 7.41. The van der Waals surface area contributed by atoms with Crippen LogP contribution in [0.4, 0.5) is 0 Å². The molecule has 1 aliphatic rings. The van der Waals surface area contributed by atoms with E-state index in [9.17, 15) is 9.90 Å². The lowest BCUT2D eigenvalue weighted by Gasteiger charge is -2.37. The number of nitrogens with one attached hydrogen (secondary N) is 2. The van der Waals surface area contributed by atoms with E-state index < -0.39 is 0 Å². The van der Waals surface area contributed by atoms with E-state index in [0.717, 1.165) is 38.8 Å². The Balaban J connectivity index is 2.60. The standard InChI is InChI=1S/C16H32N2O2/c1-5-16(6-2,12-19)11-18-14(20)15(3,4)13-8-7-9-17-10-13/h13,17,19H,5-12H2,1-4H3,(H,18,20). The van der Waals surface area contributed by atoms with Crippen LogP contribution in [-0.4, -0.2) is 37.3 Å². The van der Waals surface area contributed by atoms with Crippen molar-refractivity contribution in [1.82, 2.24) is 10.6 Å². The van der Waals surface area contributed by atoms with Crippen molar-refractivity contribution >= 4 is 5.91 Å². The van der Waals surface area contributed by atoms with Gasteiger partial charge < -0.3 is 15.7 Å². The fourth-order valence-corrected chi connectivity index (χ4v) is 2.93. The number of hydrogen-bond acceptors (Lipinski definition) is 3. The zero-order valence-electron chi connectivity index (χ0n) is 13.6. The van der Waals surface area contributed by atoms with Gasteiger partial charge in [-0.25, -0.2) is 0 Å². The van der Waals surface area contributed by atoms with E-state index in [1.54, 1.807) is 0 Å². The highest BCUT2D eigenvalue weighted by atomic mass is 16.3. The molecule has 0 aromatic heterocycles. The van der Waals surface area contributed by atoms with Crippen molar-refractivity contribution in [3.05, 3.63) is 0 Å². The minimum atomic E-state index is -0.351. The average molecular weight is 284 g/mol. The summed E-state index contributed by atoms with van der Waals surface area (Å²) < 4.78 is 0. The first-order valence-corrected chi connectivity index (χ1v) is 8.01. The van der Waals surface area contributed by atoms with Crippen molar-refractivity contribution in [2.24, 2.45) is 16.7 Å². The molecule has 0 aromatic carbocycles. The summed E-state index contributed by atoms with van der Waals surface area (Å²) in [4.78, 5) is 12.5. The molecule has 0 aromatic rings. The molecule has 0 saturated carbocycles. The lowest BCUT2D eigenvalue weighted by Crippen LogP contribution is -2.50. The van der Waals surface area contributed by atoms with Crippen LogP contribution in [0.25, 0.3) is 0 Å². The molecule has 1 saturated heterocycles. The Morgan fingerprint density at radius 2 is 2.00 bits per heavy atom. The van der Waals surface area contributed by atoms with Gasteiger partial charge in [0, 0.05) is 17.4 Å². The van der Waals surface area contributed by atoms with Gasteiger partial charge in [-0.3, -0.25) is 4.79 Å². The van der Waals surface area contributed by atoms with E-state index in [1.165, 1.54) is 0 Å². The Morgan fingerprint density at radius 1 is 1.35 bits per heavy atom. The number of aliphatic hydroxyl groups is 1. The first-order valence-electron chi connectivity index (χ1n) is 8.01. The number of aliphatic hydroxyl groups excluding tert-OH is 1. The molecule has 1 amide bonds. The van der Waals surface area contributed by atoms with E-state index >= 15 is 0 Å². The summed E-state index contributed by atoms with van der Waals surface area (Å²) in [5.41, 5.74) is -0.521. The maximum absolute atomic E-state index is 12.5. The molecule has 1 rings (SSSR count). The molecule has 4 heteroatoms. The third-order valence-corrected chi connectivity index (χ3v) is 5.36. The Morgan fingerprint density at radius 3 is 2.45 bits per heavy atom. The predicted molar refractivity (Wildman–Crippen MR) is 82.5 cm³/mol. The summed E-state index contributed by atoms with van der Waals surface area (Å²) in [5, 5.41) is 16.0. The second-order valence-corrected chi connectivity index (χ2v) is 6.81. The van der Waals surface area contributed by atoms with Gasteiger partial charge in [0.25, 0.3) is 0 Å². The monoisotopic (exact) mass is 284 g/mol. The summed E-state index contributed by atoms with van der Waals surface area (Å²) in [7, 11) is 0. The normalized spacial score (nSPS) is 20.8. The van der Waals surface area contributed by atoms with Gasteiger partial charge in [-0.2, -0.15) is 0 Å². The van der Waals surface area contributed by atoms with E-state index in [4.69, 9.17) is 0 Å². The summed E-state index contributed by atoms with van der Waals surface area (Å²) in [6, 6.07) is 0. The molecular formula is C16H32N2O2. The van der Waals surface area contributed by atoms with Crippen molar-refractivity contribution in [2.75, 3.05) is 26.2 Å². The molecule has 1 atom stereocenters. The molecule has 0 bridgehead atoms. The van der Waals surface area contributed by atoms with E-state index in [1.807, 2.05) is 13.8 Å². The summed E-state index contributed by atoms with van der Waals surface area (Å²) in [6.07, 6.45) is 4.02. The third kappa shape index (κ3) is 3.95. The molecule has 0 spiro atoms. The third-order valence-electron chi connectivity index (χ3n) is 5.36. The Hall–Kier alpha value is -0.610. The fraction of sp³-hybridized carbons (Fsp3) is 0.938. The lowest BCUT2D eigenvalue weighted by molar-refractivity contribution is -0.133. The van der Waals surface area contributed by atoms with Gasteiger partial charge in [0.1, 0.15) is 0 Å². The van der Waals surface area contributed by atoms with Crippen molar-refractivity contribution in [1.29, 1.82) is 0 Å². The van der Waals surface area contributed by atoms with Gasteiger partial charge >= 0.3 is 0 Å². The van der Waals surface area contributed by atoms with Crippen molar-refractivity contribution in [3.63, 3.8) is 0 Å². The van der Waals surface area contributed by atoms with Crippen LogP contribution in [0.3, 0.4) is 0 Å². The van der Waals surface area contributed by atoms with Crippen molar-refractivity contribution in [2.45, 2.75) is 53.4 Å². The van der Waals surface area contributed by atoms with Crippen molar-refractivity contribution in [3.8, 4) is 0 Å². The average Bonchev–Trinajstić information content (AvgIpc) is 2.49. The quantitative estimate of drug-likeness (QED) is 0.669. The highest BCUT2D eigenvalue weighted by molar-refractivity contribution is 5.82. The van der Waals surface area contributed by atoms with Gasteiger partial charge in [0.2, 0.25) is 5.91 Å². The molecule has 1 aliphatic heterocycles. The molecule has 1 unspecified atom stereocenters. The number of piperidine rings is 1. The van der Waals surface area contributed by atoms with Crippen LogP contribution in [0.5, 0.6) is 0 Å². The maximum atomic E-state index is 12.5. The number of rotatable bonds is 7. The van der Waals surface area contributed by atoms with E-state index in [2.05, 4.69) is 24.5 Å². The molecule has 118 valence electrons. The Kier molecular flexibility index (Phi) is 6.46. The van der Waals surface area contributed by atoms with E-state index in [-0.39, 0.29) is 23.3 Å². The van der Waals surface area contributed by atoms with Crippen LogP contribution in [0.1, 0.15) is 53.4 Å². The highest BCUT2D eigenvalue weighted by Gasteiger charge is 2.38. The maximum Gasteiger partial charge on any atom is 0.226 e. The van der Waals surface area contributed by atoms with Gasteiger partial charge in [-0.15, -0.1) is 0 Å². The van der Waals surface area contributed by atoms with Crippen LogP contribution >= 0.6 is 0 Å². The SMILES string of the molecule is CCC(CC)(CO)CNC(=O)C(C)(C)C1CCCNC1. The molecule has 1 fully saturated rings. The predicted octanol–water partition coefficient (Wildman–Crippen LogP) is 1.93. The summed E-state index contributed by atoms with van der Waals surface area (Å²) in [5.74, 6) is 0.508. The summed E-state index contributed by atoms with van der Waals surface area (Å²) >= 11 is 0. The van der Waals surface area contributed by atoms with Gasteiger partial charge in [-0.1, -0.05) is 27.7 Å². The molecule has 1 heterocycles. The number of carbonyl (C=O) groups is 1. The largest absolute Gasteiger partial charge is 0.396 e. The van der Waals surface area contributed by atoms with Gasteiger partial charge in [0.15, 0.2) is 0 Å². The molecule has 0 aliphatic carbocycles. The van der Waals surface area contributed by atoms with E-state index in [0.29, 0.717) is 12.5 Å². The van der Waals surface area contributed by atoms with Gasteiger partial charge in [-0.05, 0) is 44.7 Å². The molecule has 20 heavy (non-hydrogen) atoms. The molecular weight excluding hydrogens is 252 g/mol. The first-order chi connectivity index (χ1) is 9.41. The Bertz CT molecular complexity index is 297. The Labute approximate surface area is 123 Å². The fourth-order valence-electron chi connectivity index (χ4n) is 2.93. The lowest BCUT2D eigenvalue weighted by atomic mass is 9.74. The smallest absolute Gasteiger partial charge is 0.226 e. The minimum absolute atomic E-state index is 0.117. The van der Waals surface area contributed by atoms with Gasteiger partial charge in [0.05, 0.1) is 6.61 Å². The molecule has 3 N–H and O–H groups in total. The van der Waals surface area contributed by atoms with Crippen LogP contribution in [0.2, 0.25) is 0 Å². The molecule has 4 nitrogen and oxygen atoms in total.